The van der Waals surface area contributed by atoms with E-state index in [0.717, 1.165) is 10.3 Å². The van der Waals surface area contributed by atoms with Gasteiger partial charge >= 0.3 is 12.5 Å². The number of fused-ring (bicyclic) bond motifs is 1. The van der Waals surface area contributed by atoms with Gasteiger partial charge in [-0.15, -0.1) is 0 Å². The summed E-state index contributed by atoms with van der Waals surface area (Å²) in [6, 6.07) is 12.4. The highest BCUT2D eigenvalue weighted by atomic mass is 19.3. The number of rotatable bonds is 6. The molecule has 0 N–H and O–H groups in total. The molecule has 0 saturated heterocycles. The largest absolute Gasteiger partial charge is 0.454 e. The van der Waals surface area contributed by atoms with Crippen molar-refractivity contribution in [2.24, 2.45) is 0 Å². The van der Waals surface area contributed by atoms with Crippen LogP contribution in [0.15, 0.2) is 54.6 Å². The molecule has 0 aliphatic heterocycles. The lowest BCUT2D eigenvalue weighted by Gasteiger charge is -2.07. The molecule has 9 heteroatoms. The first kappa shape index (κ1) is 21.4. The number of halogens is 3. The first-order chi connectivity index (χ1) is 15.3. The first-order valence-electron chi connectivity index (χ1n) is 9.76. The van der Waals surface area contributed by atoms with Crippen LogP contribution in [0.5, 0.6) is 0 Å². The summed E-state index contributed by atoms with van der Waals surface area (Å²) in [5, 5.41) is 4.43. The summed E-state index contributed by atoms with van der Waals surface area (Å²) in [7, 11) is 0. The number of hydrogen-bond donors (Lipinski definition) is 0. The number of imidazole rings is 1. The molecule has 4 aromatic rings. The van der Waals surface area contributed by atoms with E-state index in [2.05, 4.69) is 10.1 Å². The number of carbonyl (C=O) groups is 1. The minimum atomic E-state index is -2.81. The zero-order valence-corrected chi connectivity index (χ0v) is 17.3. The fourth-order valence-corrected chi connectivity index (χ4v) is 3.48. The Morgan fingerprint density at radius 1 is 1.12 bits per heavy atom. The highest BCUT2D eigenvalue weighted by molar-refractivity contribution is 5.87. The molecule has 6 nitrogen and oxygen atoms in total. The second kappa shape index (κ2) is 8.70. The molecule has 0 aliphatic rings. The van der Waals surface area contributed by atoms with Gasteiger partial charge in [0.2, 0.25) is 0 Å². The Balaban J connectivity index is 1.50. The molecule has 0 aliphatic carbocycles. The number of ether oxygens (including phenoxy) is 1. The van der Waals surface area contributed by atoms with Crippen LogP contribution in [-0.4, -0.2) is 25.3 Å². The van der Waals surface area contributed by atoms with Gasteiger partial charge in [0.1, 0.15) is 12.4 Å². The predicted molar refractivity (Wildman–Crippen MR) is 113 cm³/mol. The third-order valence-electron chi connectivity index (χ3n) is 5.01. The Morgan fingerprint density at radius 3 is 2.56 bits per heavy atom. The highest BCUT2D eigenvalue weighted by Gasteiger charge is 2.18. The molecule has 0 bridgehead atoms. The molecule has 0 saturated carbocycles. The fraction of sp³-hybridized carbons (Fsp3) is 0.174. The van der Waals surface area contributed by atoms with Crippen molar-refractivity contribution >= 4 is 23.1 Å². The van der Waals surface area contributed by atoms with Crippen LogP contribution in [0.2, 0.25) is 0 Å². The fourth-order valence-electron chi connectivity index (χ4n) is 3.48. The van der Waals surface area contributed by atoms with Gasteiger partial charge in [0, 0.05) is 17.3 Å². The molecule has 4 rings (SSSR count). The molecular weight excluding hydrogens is 421 g/mol. The molecule has 2 aromatic carbocycles. The minimum absolute atomic E-state index is 0.0422. The van der Waals surface area contributed by atoms with Crippen LogP contribution in [0.3, 0.4) is 0 Å². The lowest BCUT2D eigenvalue weighted by Crippen LogP contribution is -2.09. The summed E-state index contributed by atoms with van der Waals surface area (Å²) >= 11 is 0. The lowest BCUT2D eigenvalue weighted by molar-refractivity contribution is -0.139. The molecule has 0 atom stereocenters. The van der Waals surface area contributed by atoms with Gasteiger partial charge in [-0.25, -0.2) is 18.9 Å². The number of aromatic nitrogens is 4. The van der Waals surface area contributed by atoms with Gasteiger partial charge in [-0.05, 0) is 56.3 Å². The van der Waals surface area contributed by atoms with Crippen LogP contribution in [0.1, 0.15) is 29.3 Å². The average Bonchev–Trinajstić information content (AvgIpc) is 3.28. The number of nitrogens with zero attached hydrogens (tertiary/aromatic N) is 4. The van der Waals surface area contributed by atoms with Gasteiger partial charge in [0.25, 0.3) is 0 Å². The normalized spacial score (nSPS) is 11.7. The van der Waals surface area contributed by atoms with Crippen molar-refractivity contribution < 1.29 is 22.7 Å². The van der Waals surface area contributed by atoms with E-state index in [0.29, 0.717) is 22.5 Å². The summed E-state index contributed by atoms with van der Waals surface area (Å²) in [4.78, 5) is 16.4. The number of aryl methyl sites for hydroxylation is 1. The third kappa shape index (κ3) is 4.14. The maximum absolute atomic E-state index is 13.5. The summed E-state index contributed by atoms with van der Waals surface area (Å²) in [6.07, 6.45) is 2.76. The van der Waals surface area contributed by atoms with E-state index in [1.807, 2.05) is 6.92 Å². The van der Waals surface area contributed by atoms with Gasteiger partial charge < -0.3 is 4.74 Å². The second-order valence-electron chi connectivity index (χ2n) is 7.08. The number of esters is 1. The summed E-state index contributed by atoms with van der Waals surface area (Å²) in [5.41, 5.74) is 3.46. The molecule has 0 unspecified atom stereocenters. The van der Waals surface area contributed by atoms with Crippen molar-refractivity contribution in [3.8, 4) is 5.69 Å². The van der Waals surface area contributed by atoms with E-state index >= 15 is 0 Å². The van der Waals surface area contributed by atoms with E-state index in [4.69, 9.17) is 4.74 Å². The zero-order chi connectivity index (χ0) is 22.8. The van der Waals surface area contributed by atoms with Crippen molar-refractivity contribution in [1.82, 2.24) is 19.3 Å². The standard InChI is InChI=1S/C23H19F3N4O2/c1-14-18(15(2)30(28-14)17-9-7-16(24)8-10-17)11-12-22(31)32-13-21-27-19-5-3-4-6-20(19)29(21)23(25)26/h3-12,23H,13H2,1-2H3/b12-11+. The van der Waals surface area contributed by atoms with Gasteiger partial charge in [-0.3, -0.25) is 4.57 Å². The Labute approximate surface area is 181 Å². The van der Waals surface area contributed by atoms with Crippen LogP contribution < -0.4 is 0 Å². The van der Waals surface area contributed by atoms with Crippen LogP contribution in [0.25, 0.3) is 22.8 Å². The van der Waals surface area contributed by atoms with Crippen molar-refractivity contribution in [3.63, 3.8) is 0 Å². The van der Waals surface area contributed by atoms with Gasteiger partial charge in [0.05, 0.1) is 22.4 Å². The molecule has 0 amide bonds. The monoisotopic (exact) mass is 440 g/mol. The number of para-hydroxylation sites is 2. The second-order valence-corrected chi connectivity index (χ2v) is 7.08. The van der Waals surface area contributed by atoms with Crippen LogP contribution in [0.4, 0.5) is 13.2 Å². The zero-order valence-electron chi connectivity index (χ0n) is 17.3. The lowest BCUT2D eigenvalue weighted by atomic mass is 10.2. The Kier molecular flexibility index (Phi) is 5.81. The van der Waals surface area contributed by atoms with E-state index in [-0.39, 0.29) is 17.2 Å². The maximum Gasteiger partial charge on any atom is 0.331 e. The molecule has 2 aromatic heterocycles. The molecular formula is C23H19F3N4O2. The van der Waals surface area contributed by atoms with E-state index in [9.17, 15) is 18.0 Å². The van der Waals surface area contributed by atoms with Crippen molar-refractivity contribution in [2.75, 3.05) is 0 Å². The number of hydrogen-bond acceptors (Lipinski definition) is 4. The summed E-state index contributed by atoms with van der Waals surface area (Å²) in [5.74, 6) is -1.09. The van der Waals surface area contributed by atoms with Crippen LogP contribution in [-0.2, 0) is 16.1 Å². The quantitative estimate of drug-likeness (QED) is 0.308. The summed E-state index contributed by atoms with van der Waals surface area (Å²) in [6.45, 7) is 0.395. The van der Waals surface area contributed by atoms with Crippen LogP contribution in [0, 0.1) is 19.7 Å². The molecule has 2 heterocycles. The topological polar surface area (TPSA) is 61.9 Å². The van der Waals surface area contributed by atoms with Crippen molar-refractivity contribution in [3.05, 3.63) is 83.2 Å². The van der Waals surface area contributed by atoms with Crippen LogP contribution >= 0.6 is 0 Å². The smallest absolute Gasteiger partial charge is 0.331 e. The van der Waals surface area contributed by atoms with Gasteiger partial charge in [0.15, 0.2) is 5.82 Å². The predicted octanol–water partition coefficient (Wildman–Crippen LogP) is 5.13. The first-order valence-corrected chi connectivity index (χ1v) is 9.76. The SMILES string of the molecule is Cc1nn(-c2ccc(F)cc2)c(C)c1/C=C/C(=O)OCc1nc2ccccc2n1C(F)F. The Hall–Kier alpha value is -3.88. The number of benzene rings is 2. The minimum Gasteiger partial charge on any atom is -0.454 e. The Morgan fingerprint density at radius 2 is 1.84 bits per heavy atom. The summed E-state index contributed by atoms with van der Waals surface area (Å²) < 4.78 is 47.7. The number of alkyl halides is 2. The van der Waals surface area contributed by atoms with Crippen molar-refractivity contribution in [1.29, 1.82) is 0 Å². The molecule has 0 fully saturated rings. The van der Waals surface area contributed by atoms with E-state index in [1.165, 1.54) is 24.3 Å². The molecule has 32 heavy (non-hydrogen) atoms. The van der Waals surface area contributed by atoms with Gasteiger partial charge in [-0.1, -0.05) is 12.1 Å². The van der Waals surface area contributed by atoms with E-state index in [1.54, 1.807) is 48.0 Å². The Bertz CT molecular complexity index is 1310. The number of carbonyl (C=O) groups excluding carboxylic acids is 1. The third-order valence-corrected chi connectivity index (χ3v) is 5.01. The highest BCUT2D eigenvalue weighted by Crippen LogP contribution is 2.24. The molecule has 164 valence electrons. The average molecular weight is 440 g/mol. The van der Waals surface area contributed by atoms with E-state index < -0.39 is 19.1 Å². The molecule has 0 spiro atoms. The van der Waals surface area contributed by atoms with Gasteiger partial charge in [-0.2, -0.15) is 13.9 Å². The van der Waals surface area contributed by atoms with Crippen molar-refractivity contribution in [2.45, 2.75) is 27.0 Å². The molecule has 0 radical (unpaired) electrons. The maximum atomic E-state index is 13.5.